The third-order valence-corrected chi connectivity index (χ3v) is 12.8. The summed E-state index contributed by atoms with van der Waals surface area (Å²) in [6.45, 7) is 14.1. The van der Waals surface area contributed by atoms with E-state index in [-0.39, 0.29) is 0 Å². The zero-order valence-electron chi connectivity index (χ0n) is 40.1. The van der Waals surface area contributed by atoms with Crippen molar-refractivity contribution in [2.24, 2.45) is 9.98 Å². The smallest absolute Gasteiger partial charge is 0.0696 e. The molecule has 0 aromatic heterocycles. The summed E-state index contributed by atoms with van der Waals surface area (Å²) < 4.78 is 0. The van der Waals surface area contributed by atoms with E-state index in [1.54, 1.807) is 22.3 Å². The molecule has 0 N–H and O–H groups in total. The highest BCUT2D eigenvalue weighted by atomic mass is 14.7. The van der Waals surface area contributed by atoms with Gasteiger partial charge in [0, 0.05) is 31.7 Å². The van der Waals surface area contributed by atoms with Gasteiger partial charge in [0.15, 0.2) is 0 Å². The van der Waals surface area contributed by atoms with Gasteiger partial charge in [-0.2, -0.15) is 0 Å². The number of unbranched alkanes of at least 4 members (excludes halogenated alkanes) is 12. The molecule has 0 aliphatic carbocycles. The van der Waals surface area contributed by atoms with Gasteiger partial charge in [-0.3, -0.25) is 9.98 Å². The monoisotopic (exact) mass is 823 g/mol. The minimum absolute atomic E-state index is 0.851. The van der Waals surface area contributed by atoms with Crippen LogP contribution in [0.3, 0.4) is 0 Å². The summed E-state index contributed by atoms with van der Waals surface area (Å²) in [5.41, 5.74) is 17.6. The van der Waals surface area contributed by atoms with Crippen molar-refractivity contribution in [1.82, 2.24) is 0 Å². The maximum Gasteiger partial charge on any atom is 0.0696 e. The van der Waals surface area contributed by atoms with Gasteiger partial charge < -0.3 is 0 Å². The molecule has 0 spiro atoms. The zero-order chi connectivity index (χ0) is 43.3. The van der Waals surface area contributed by atoms with Crippen LogP contribution < -0.4 is 0 Å². The third-order valence-electron chi connectivity index (χ3n) is 12.8. The summed E-state index contributed by atoms with van der Waals surface area (Å²) in [4.78, 5) is 11.3. The number of hydrogen-bond donors (Lipinski definition) is 0. The third kappa shape index (κ3) is 17.1. The maximum atomic E-state index is 5.64. The molecule has 2 heteroatoms. The molecule has 0 saturated carbocycles. The van der Waals surface area contributed by atoms with Crippen molar-refractivity contribution in [2.45, 2.75) is 215 Å². The van der Waals surface area contributed by atoms with Crippen molar-refractivity contribution in [1.29, 1.82) is 0 Å². The van der Waals surface area contributed by atoms with Crippen molar-refractivity contribution < 1.29 is 0 Å². The Labute approximate surface area is 375 Å². The SMILES string of the molecule is CCCCCc1cc(CCCCC)c(N=CCc2ccccc2)c(Cc2c(CCCCC)c(CCCCC)cc(CCCCC)c2N=CCc2ccccc2)c1CCCCC. The summed E-state index contributed by atoms with van der Waals surface area (Å²) in [6, 6.07) is 27.1. The van der Waals surface area contributed by atoms with Crippen molar-refractivity contribution in [3.63, 3.8) is 0 Å². The van der Waals surface area contributed by atoms with Crippen molar-refractivity contribution >= 4 is 23.8 Å². The molecule has 61 heavy (non-hydrogen) atoms. The average Bonchev–Trinajstić information content (AvgIpc) is 3.28. The highest BCUT2D eigenvalue weighted by Crippen LogP contribution is 2.41. The summed E-state index contributed by atoms with van der Waals surface area (Å²) in [5.74, 6) is 0. The fraction of sp³-hybridized carbons (Fsp3) is 0.559. The van der Waals surface area contributed by atoms with E-state index in [0.717, 1.165) is 44.9 Å². The molecular weight excluding hydrogens is 737 g/mol. The molecule has 0 radical (unpaired) electrons. The Hall–Kier alpha value is -3.78. The molecule has 0 fully saturated rings. The van der Waals surface area contributed by atoms with Crippen LogP contribution in [0.5, 0.6) is 0 Å². The van der Waals surface area contributed by atoms with Gasteiger partial charge in [-0.05, 0) is 133 Å². The molecule has 4 rings (SSSR count). The normalized spacial score (nSPS) is 11.8. The van der Waals surface area contributed by atoms with Crippen molar-refractivity contribution in [3.8, 4) is 0 Å². The molecule has 0 amide bonds. The molecule has 4 aromatic carbocycles. The molecule has 4 aromatic rings. The second-order valence-electron chi connectivity index (χ2n) is 17.9. The van der Waals surface area contributed by atoms with Crippen molar-refractivity contribution in [3.05, 3.63) is 128 Å². The molecule has 0 unspecified atom stereocenters. The lowest BCUT2D eigenvalue weighted by Crippen LogP contribution is -2.10. The Bertz CT molecular complexity index is 1700. The number of nitrogens with zero attached hydrogens (tertiary/aromatic N) is 2. The Morgan fingerprint density at radius 3 is 0.984 bits per heavy atom. The second kappa shape index (κ2) is 30.3. The van der Waals surface area contributed by atoms with Gasteiger partial charge >= 0.3 is 0 Å². The van der Waals surface area contributed by atoms with Gasteiger partial charge in [0.05, 0.1) is 11.4 Å². The van der Waals surface area contributed by atoms with Gasteiger partial charge in [0.25, 0.3) is 0 Å². The van der Waals surface area contributed by atoms with Crippen molar-refractivity contribution in [2.75, 3.05) is 0 Å². The standard InChI is InChI=1S/C59H86N2/c1-7-13-21-35-50-45-52(37-23-15-9-3)58(60-43-41-48-31-27-19-28-32-48)56(54(50)39-25-17-11-5)47-57-55(40-26-18-12-6)51(36-22-14-8-2)46-53(38-24-16-10-4)59(57)61-44-42-49-33-29-20-30-34-49/h19-20,27-34,43-46H,7-18,21-26,35-42,47H2,1-6H3. The van der Waals surface area contributed by atoms with E-state index in [1.807, 2.05) is 0 Å². The van der Waals surface area contributed by atoms with E-state index < -0.39 is 0 Å². The second-order valence-corrected chi connectivity index (χ2v) is 17.9. The fourth-order valence-electron chi connectivity index (χ4n) is 9.20. The predicted octanol–water partition coefficient (Wildman–Crippen LogP) is 17.6. The first kappa shape index (κ1) is 49.9. The summed E-state index contributed by atoms with van der Waals surface area (Å²) >= 11 is 0. The van der Waals surface area contributed by atoms with Gasteiger partial charge in [-0.15, -0.1) is 0 Å². The lowest BCUT2D eigenvalue weighted by Gasteiger charge is -2.25. The molecule has 0 bridgehead atoms. The largest absolute Gasteiger partial charge is 0.260 e. The van der Waals surface area contributed by atoms with Gasteiger partial charge in [-0.25, -0.2) is 0 Å². The number of aryl methyl sites for hydroxylation is 4. The van der Waals surface area contributed by atoms with E-state index in [9.17, 15) is 0 Å². The molecule has 2 nitrogen and oxygen atoms in total. The molecule has 0 aliphatic heterocycles. The Morgan fingerprint density at radius 1 is 0.344 bits per heavy atom. The topological polar surface area (TPSA) is 24.7 Å². The summed E-state index contributed by atoms with van der Waals surface area (Å²) in [6.07, 6.45) is 36.4. The predicted molar refractivity (Wildman–Crippen MR) is 272 cm³/mol. The van der Waals surface area contributed by atoms with E-state index in [1.165, 1.54) is 173 Å². The van der Waals surface area contributed by atoms with Crippen LogP contribution in [0.15, 0.2) is 82.8 Å². The molecule has 0 atom stereocenters. The number of hydrogen-bond acceptors (Lipinski definition) is 2. The van der Waals surface area contributed by atoms with Crippen LogP contribution in [0.1, 0.15) is 213 Å². The average molecular weight is 823 g/mol. The first-order chi connectivity index (χ1) is 30.1. The van der Waals surface area contributed by atoms with Crippen LogP contribution in [-0.4, -0.2) is 12.4 Å². The lowest BCUT2D eigenvalue weighted by molar-refractivity contribution is 0.682. The highest BCUT2D eigenvalue weighted by Gasteiger charge is 2.24. The maximum absolute atomic E-state index is 5.64. The van der Waals surface area contributed by atoms with Crippen LogP contribution in [-0.2, 0) is 57.8 Å². The summed E-state index contributed by atoms with van der Waals surface area (Å²) in [7, 11) is 0. The van der Waals surface area contributed by atoms with E-state index in [4.69, 9.17) is 9.98 Å². The first-order valence-electron chi connectivity index (χ1n) is 25.5. The van der Waals surface area contributed by atoms with Crippen LogP contribution in [0.4, 0.5) is 11.4 Å². The van der Waals surface area contributed by atoms with E-state index in [2.05, 4.69) is 127 Å². The van der Waals surface area contributed by atoms with Gasteiger partial charge in [-0.1, -0.05) is 191 Å². The Kier molecular flexibility index (Phi) is 24.8. The summed E-state index contributed by atoms with van der Waals surface area (Å²) in [5, 5.41) is 0. The lowest BCUT2D eigenvalue weighted by atomic mass is 9.81. The molecule has 0 saturated heterocycles. The molecule has 0 aliphatic rings. The molecular formula is C59H86N2. The van der Waals surface area contributed by atoms with Crippen LogP contribution in [0.25, 0.3) is 0 Å². The molecule has 0 heterocycles. The fourth-order valence-corrected chi connectivity index (χ4v) is 9.20. The number of benzene rings is 4. The van der Waals surface area contributed by atoms with Crippen LogP contribution in [0.2, 0.25) is 0 Å². The van der Waals surface area contributed by atoms with Crippen LogP contribution in [0, 0.1) is 0 Å². The first-order valence-corrected chi connectivity index (χ1v) is 25.5. The van der Waals surface area contributed by atoms with Crippen LogP contribution >= 0.6 is 0 Å². The number of rotatable bonds is 32. The van der Waals surface area contributed by atoms with Gasteiger partial charge in [0.2, 0.25) is 0 Å². The van der Waals surface area contributed by atoms with Gasteiger partial charge in [0.1, 0.15) is 0 Å². The number of aliphatic imine (C=N–C) groups is 2. The Balaban J connectivity index is 2.09. The molecule has 332 valence electrons. The highest BCUT2D eigenvalue weighted by molar-refractivity contribution is 5.74. The quantitative estimate of drug-likeness (QED) is 0.0346. The minimum atomic E-state index is 0.851. The Morgan fingerprint density at radius 2 is 0.656 bits per heavy atom. The zero-order valence-corrected chi connectivity index (χ0v) is 40.1. The van der Waals surface area contributed by atoms with E-state index in [0.29, 0.717) is 0 Å². The minimum Gasteiger partial charge on any atom is -0.260 e. The van der Waals surface area contributed by atoms with E-state index >= 15 is 0 Å².